The van der Waals surface area contributed by atoms with Gasteiger partial charge in [-0.2, -0.15) is 0 Å². The average molecular weight is 583 g/mol. The lowest BCUT2D eigenvalue weighted by Gasteiger charge is -2.28. The van der Waals surface area contributed by atoms with Crippen molar-refractivity contribution in [2.75, 3.05) is 98.7 Å². The largest absolute Gasteiger partial charge is 0.465 e. The van der Waals surface area contributed by atoms with E-state index < -0.39 is 0 Å². The van der Waals surface area contributed by atoms with Crippen LogP contribution in [0.1, 0.15) is 72.6 Å². The van der Waals surface area contributed by atoms with E-state index in [4.69, 9.17) is 38.3 Å². The van der Waals surface area contributed by atoms with Crippen molar-refractivity contribution in [3.63, 3.8) is 0 Å². The highest BCUT2D eigenvalue weighted by molar-refractivity contribution is 7.40. The minimum atomic E-state index is -0.0736. The number of aliphatic hydroxyl groups excluding tert-OH is 1. The van der Waals surface area contributed by atoms with Gasteiger partial charge in [-0.05, 0) is 50.1 Å². The quantitative estimate of drug-likeness (QED) is 0.0747. The lowest BCUT2D eigenvalue weighted by Crippen LogP contribution is -2.32. The maximum atomic E-state index is 12.3. The summed E-state index contributed by atoms with van der Waals surface area (Å²) in [5.74, 6) is -0.0736. The van der Waals surface area contributed by atoms with Crippen LogP contribution in [0.2, 0.25) is 0 Å². The average Bonchev–Trinajstić information content (AvgIpc) is 2.90. The van der Waals surface area contributed by atoms with Gasteiger partial charge in [-0.3, -0.25) is 4.79 Å². The van der Waals surface area contributed by atoms with Crippen LogP contribution in [0.4, 0.5) is 0 Å². The molecule has 0 saturated carbocycles. The Morgan fingerprint density at radius 3 is 1.18 bits per heavy atom. The minimum absolute atomic E-state index is 0.0208. The van der Waals surface area contributed by atoms with Gasteiger partial charge in [0.2, 0.25) is 0 Å². The molecule has 0 spiro atoms. The molecule has 0 saturated heterocycles. The molecule has 0 aromatic carbocycles. The fraction of sp³-hybridized carbons (Fsp3) is 0.966. The van der Waals surface area contributed by atoms with Crippen molar-refractivity contribution in [1.82, 2.24) is 0 Å². The van der Waals surface area contributed by atoms with Crippen molar-refractivity contribution in [2.45, 2.75) is 78.3 Å². The molecule has 2 unspecified atom stereocenters. The van der Waals surface area contributed by atoms with Gasteiger partial charge in [0.15, 0.2) is 0 Å². The smallest absolute Gasteiger partial charge is 0.313 e. The highest BCUT2D eigenvalue weighted by Gasteiger charge is 2.31. The molecule has 10 heteroatoms. The maximum absolute atomic E-state index is 12.3. The third kappa shape index (κ3) is 27.6. The molecule has 39 heavy (non-hydrogen) atoms. The summed E-state index contributed by atoms with van der Waals surface area (Å²) in [6.07, 6.45) is 6.81. The Bertz CT molecular complexity index is 517. The predicted octanol–water partition coefficient (Wildman–Crippen LogP) is 4.47. The summed E-state index contributed by atoms with van der Waals surface area (Å²) in [5.41, 5.74) is -0.0775. The lowest BCUT2D eigenvalue weighted by molar-refractivity contribution is -0.145. The minimum Gasteiger partial charge on any atom is -0.465 e. The molecular formula is C29H59O9P. The van der Waals surface area contributed by atoms with Gasteiger partial charge < -0.3 is 38.3 Å². The van der Waals surface area contributed by atoms with E-state index >= 15 is 0 Å². The van der Waals surface area contributed by atoms with E-state index in [1.807, 2.05) is 0 Å². The molecule has 0 bridgehead atoms. The van der Waals surface area contributed by atoms with E-state index in [9.17, 15) is 4.79 Å². The Morgan fingerprint density at radius 1 is 0.590 bits per heavy atom. The summed E-state index contributed by atoms with van der Waals surface area (Å²) in [6.45, 7) is 17.1. The lowest BCUT2D eigenvalue weighted by atomic mass is 9.92. The zero-order valence-electron chi connectivity index (χ0n) is 25.3. The fourth-order valence-electron chi connectivity index (χ4n) is 3.46. The van der Waals surface area contributed by atoms with Gasteiger partial charge in [-0.25, -0.2) is 0 Å². The highest BCUT2D eigenvalue weighted by atomic mass is 31.1. The van der Waals surface area contributed by atoms with Gasteiger partial charge in [-0.15, -0.1) is 8.58 Å². The molecule has 0 aliphatic carbocycles. The van der Waals surface area contributed by atoms with Crippen LogP contribution >= 0.6 is 8.58 Å². The molecule has 0 rings (SSSR count). The molecule has 0 aliphatic heterocycles. The summed E-state index contributed by atoms with van der Waals surface area (Å²) < 4.78 is 38.8. The third-order valence-electron chi connectivity index (χ3n) is 5.52. The summed E-state index contributed by atoms with van der Waals surface area (Å²) in [4.78, 5) is 12.3. The van der Waals surface area contributed by atoms with Crippen molar-refractivity contribution in [1.29, 1.82) is 0 Å². The second-order valence-corrected chi connectivity index (χ2v) is 12.1. The Morgan fingerprint density at radius 2 is 0.897 bits per heavy atom. The van der Waals surface area contributed by atoms with Crippen molar-refractivity contribution >= 4 is 14.6 Å². The molecular weight excluding hydrogens is 523 g/mol. The van der Waals surface area contributed by atoms with Crippen molar-refractivity contribution < 1.29 is 43.1 Å². The van der Waals surface area contributed by atoms with Crippen LogP contribution in [0.25, 0.3) is 0 Å². The van der Waals surface area contributed by atoms with Crippen LogP contribution < -0.4 is 0 Å². The van der Waals surface area contributed by atoms with E-state index in [2.05, 4.69) is 27.7 Å². The number of rotatable bonds is 30. The predicted molar refractivity (Wildman–Crippen MR) is 157 cm³/mol. The SMILES string of the molecule is CCPC(C(=O)OCCCOCCCOCCCOCCCOCCCOCCCOCCCO)C(C)(C)C. The molecule has 0 amide bonds. The van der Waals surface area contributed by atoms with Gasteiger partial charge in [0.05, 0.1) is 12.3 Å². The topological polar surface area (TPSA) is 102 Å². The normalized spacial score (nSPS) is 12.9. The van der Waals surface area contributed by atoms with Crippen LogP contribution in [0.5, 0.6) is 0 Å². The Hall–Kier alpha value is -0.380. The molecule has 234 valence electrons. The van der Waals surface area contributed by atoms with E-state index in [0.717, 1.165) is 44.7 Å². The van der Waals surface area contributed by atoms with Crippen molar-refractivity contribution in [3.05, 3.63) is 0 Å². The number of esters is 1. The summed E-state index contributed by atoms with van der Waals surface area (Å²) in [7, 11) is 0.605. The molecule has 0 fully saturated rings. The second kappa shape index (κ2) is 29.1. The third-order valence-corrected chi connectivity index (χ3v) is 7.44. The fourth-order valence-corrected chi connectivity index (χ4v) is 4.73. The first-order valence-corrected chi connectivity index (χ1v) is 16.2. The molecule has 0 aliphatic rings. The van der Waals surface area contributed by atoms with Crippen LogP contribution in [-0.4, -0.2) is 115 Å². The first-order valence-electron chi connectivity index (χ1n) is 14.9. The van der Waals surface area contributed by atoms with E-state index in [1.165, 1.54) is 0 Å². The molecule has 0 aromatic heterocycles. The Kier molecular flexibility index (Phi) is 28.8. The standard InChI is InChI=1S/C29H59O9P/c1-5-39-27(29(2,3)4)28(31)38-26-12-25-37-24-11-23-36-22-10-21-35-20-9-19-34-18-8-17-33-16-7-15-32-14-6-13-30/h27,30,39H,5-26H2,1-4H3. The molecule has 2 atom stereocenters. The first kappa shape index (κ1) is 38.6. The van der Waals surface area contributed by atoms with Crippen LogP contribution in [0, 0.1) is 5.41 Å². The summed E-state index contributed by atoms with van der Waals surface area (Å²) in [6, 6.07) is 0. The van der Waals surface area contributed by atoms with Gasteiger partial charge in [-0.1, -0.05) is 27.7 Å². The highest BCUT2D eigenvalue weighted by Crippen LogP contribution is 2.35. The first-order chi connectivity index (χ1) is 18.9. The molecule has 0 heterocycles. The number of hydrogen-bond acceptors (Lipinski definition) is 9. The van der Waals surface area contributed by atoms with Crippen LogP contribution in [0.15, 0.2) is 0 Å². The van der Waals surface area contributed by atoms with Gasteiger partial charge in [0.25, 0.3) is 0 Å². The summed E-state index contributed by atoms with van der Waals surface area (Å²) >= 11 is 0. The maximum Gasteiger partial charge on any atom is 0.313 e. The number of hydrogen-bond donors (Lipinski definition) is 1. The molecule has 0 aromatic rings. The Balaban J connectivity index is 3.24. The number of carbonyl (C=O) groups is 1. The monoisotopic (exact) mass is 582 g/mol. The number of carbonyl (C=O) groups excluding carboxylic acids is 1. The van der Waals surface area contributed by atoms with Gasteiger partial charge in [0.1, 0.15) is 0 Å². The number of ether oxygens (including phenoxy) is 7. The molecule has 1 N–H and O–H groups in total. The second-order valence-electron chi connectivity index (χ2n) is 10.4. The van der Waals surface area contributed by atoms with Crippen molar-refractivity contribution in [3.8, 4) is 0 Å². The molecule has 9 nitrogen and oxygen atoms in total. The zero-order valence-corrected chi connectivity index (χ0v) is 26.3. The van der Waals surface area contributed by atoms with Crippen LogP contribution in [-0.2, 0) is 38.0 Å². The van der Waals surface area contributed by atoms with E-state index in [-0.39, 0.29) is 23.7 Å². The van der Waals surface area contributed by atoms with Crippen LogP contribution in [0.3, 0.4) is 0 Å². The van der Waals surface area contributed by atoms with E-state index in [1.54, 1.807) is 0 Å². The number of aliphatic hydroxyl groups is 1. The zero-order chi connectivity index (χ0) is 28.9. The molecule has 0 radical (unpaired) electrons. The van der Waals surface area contributed by atoms with Gasteiger partial charge in [0, 0.05) is 92.3 Å². The Labute approximate surface area is 240 Å². The van der Waals surface area contributed by atoms with E-state index in [0.29, 0.717) is 101 Å². The summed E-state index contributed by atoms with van der Waals surface area (Å²) in [5, 5.41) is 8.65. The van der Waals surface area contributed by atoms with Crippen molar-refractivity contribution in [2.24, 2.45) is 5.41 Å². The van der Waals surface area contributed by atoms with Gasteiger partial charge >= 0.3 is 5.97 Å².